The third-order valence-corrected chi connectivity index (χ3v) is 4.77. The number of thiophene rings is 1. The fourth-order valence-corrected chi connectivity index (χ4v) is 3.78. The number of rotatable bonds is 2. The van der Waals surface area contributed by atoms with Gasteiger partial charge in [-0.15, -0.1) is 11.3 Å². The third kappa shape index (κ3) is 1.88. The van der Waals surface area contributed by atoms with E-state index in [0.29, 0.717) is 6.04 Å². The van der Waals surface area contributed by atoms with Gasteiger partial charge in [-0.2, -0.15) is 0 Å². The van der Waals surface area contributed by atoms with Crippen LogP contribution < -0.4 is 4.90 Å². The zero-order valence-electron chi connectivity index (χ0n) is 11.1. The first kappa shape index (κ1) is 11.9. The molecule has 0 saturated carbocycles. The van der Waals surface area contributed by atoms with E-state index in [2.05, 4.69) is 56.6 Å². The highest BCUT2D eigenvalue weighted by molar-refractivity contribution is 7.16. The fourth-order valence-electron chi connectivity index (χ4n) is 3.05. The highest BCUT2D eigenvalue weighted by Gasteiger charge is 2.28. The molecule has 1 aliphatic heterocycles. The monoisotopic (exact) mass is 281 g/mol. The Morgan fingerprint density at radius 3 is 2.90 bits per heavy atom. The van der Waals surface area contributed by atoms with Crippen LogP contribution in [-0.2, 0) is 0 Å². The van der Waals surface area contributed by atoms with Gasteiger partial charge in [-0.1, -0.05) is 30.3 Å². The van der Waals surface area contributed by atoms with Crippen molar-refractivity contribution >= 4 is 27.4 Å². The molecule has 1 fully saturated rings. The van der Waals surface area contributed by atoms with Crippen LogP contribution in [0.5, 0.6) is 0 Å². The molecule has 0 aliphatic carbocycles. The molecule has 0 spiro atoms. The second-order valence-electron chi connectivity index (χ2n) is 5.10. The number of benzene rings is 1. The molecule has 1 aromatic carbocycles. The molecule has 1 saturated heterocycles. The first-order valence-corrected chi connectivity index (χ1v) is 7.81. The molecule has 1 aliphatic rings. The van der Waals surface area contributed by atoms with Gasteiger partial charge in [0.2, 0.25) is 0 Å². The maximum absolute atomic E-state index is 4.56. The molecule has 4 heteroatoms. The van der Waals surface area contributed by atoms with Crippen molar-refractivity contribution in [1.82, 2.24) is 9.97 Å². The summed E-state index contributed by atoms with van der Waals surface area (Å²) >= 11 is 1.68. The molecule has 0 radical (unpaired) electrons. The summed E-state index contributed by atoms with van der Waals surface area (Å²) in [5.74, 6) is 1.09. The molecular weight excluding hydrogens is 266 g/mol. The van der Waals surface area contributed by atoms with Crippen LogP contribution in [0, 0.1) is 0 Å². The van der Waals surface area contributed by atoms with Crippen LogP contribution in [0.1, 0.15) is 24.4 Å². The van der Waals surface area contributed by atoms with E-state index >= 15 is 0 Å². The second kappa shape index (κ2) is 4.87. The average Bonchev–Trinajstić information content (AvgIpc) is 3.16. The number of fused-ring (bicyclic) bond motifs is 1. The normalized spacial score (nSPS) is 18.8. The lowest BCUT2D eigenvalue weighted by Gasteiger charge is -2.26. The number of anilines is 1. The molecule has 0 amide bonds. The summed E-state index contributed by atoms with van der Waals surface area (Å²) in [6.45, 7) is 1.07. The van der Waals surface area contributed by atoms with Crippen LogP contribution >= 0.6 is 11.3 Å². The van der Waals surface area contributed by atoms with E-state index in [4.69, 9.17) is 0 Å². The van der Waals surface area contributed by atoms with Crippen LogP contribution in [0.3, 0.4) is 0 Å². The van der Waals surface area contributed by atoms with Crippen LogP contribution in [0.4, 0.5) is 5.82 Å². The predicted molar refractivity (Wildman–Crippen MR) is 83.2 cm³/mol. The van der Waals surface area contributed by atoms with Crippen LogP contribution in [-0.4, -0.2) is 16.5 Å². The summed E-state index contributed by atoms with van der Waals surface area (Å²) in [5.41, 5.74) is 1.38. The average molecular weight is 281 g/mol. The quantitative estimate of drug-likeness (QED) is 0.710. The third-order valence-electron chi connectivity index (χ3n) is 3.95. The van der Waals surface area contributed by atoms with E-state index in [0.717, 1.165) is 17.2 Å². The fraction of sp³-hybridized carbons (Fsp3) is 0.250. The highest BCUT2D eigenvalue weighted by Crippen LogP contribution is 2.38. The summed E-state index contributed by atoms with van der Waals surface area (Å²) in [7, 11) is 0. The van der Waals surface area contributed by atoms with Gasteiger partial charge in [0.25, 0.3) is 0 Å². The van der Waals surface area contributed by atoms with Gasteiger partial charge in [-0.25, -0.2) is 9.97 Å². The molecule has 3 heterocycles. The molecule has 0 N–H and O–H groups in total. The molecule has 2 aromatic heterocycles. The summed E-state index contributed by atoms with van der Waals surface area (Å²) in [6, 6.07) is 13.3. The van der Waals surface area contributed by atoms with Gasteiger partial charge in [0.05, 0.1) is 11.4 Å². The lowest BCUT2D eigenvalue weighted by molar-refractivity contribution is 0.713. The maximum atomic E-state index is 4.56. The minimum absolute atomic E-state index is 0.439. The molecule has 4 rings (SSSR count). The SMILES string of the molecule is c1ccc([C@@H]2CCCN2c2ncnc3sccc23)cc1. The summed E-state index contributed by atoms with van der Waals surface area (Å²) in [4.78, 5) is 12.4. The van der Waals surface area contributed by atoms with Crippen molar-refractivity contribution in [3.63, 3.8) is 0 Å². The lowest BCUT2D eigenvalue weighted by Crippen LogP contribution is -2.23. The zero-order valence-corrected chi connectivity index (χ0v) is 11.9. The van der Waals surface area contributed by atoms with Gasteiger partial charge in [0.1, 0.15) is 17.0 Å². The van der Waals surface area contributed by atoms with Crippen molar-refractivity contribution < 1.29 is 0 Å². The van der Waals surface area contributed by atoms with E-state index in [9.17, 15) is 0 Å². The predicted octanol–water partition coefficient (Wildman–Crippen LogP) is 4.03. The smallest absolute Gasteiger partial charge is 0.141 e. The second-order valence-corrected chi connectivity index (χ2v) is 5.99. The van der Waals surface area contributed by atoms with Crippen LogP contribution in [0.2, 0.25) is 0 Å². The van der Waals surface area contributed by atoms with Gasteiger partial charge in [0, 0.05) is 6.54 Å². The Labute approximate surface area is 121 Å². The molecule has 3 aromatic rings. The Balaban J connectivity index is 1.79. The van der Waals surface area contributed by atoms with Gasteiger partial charge >= 0.3 is 0 Å². The topological polar surface area (TPSA) is 29.0 Å². The van der Waals surface area contributed by atoms with E-state index in [1.165, 1.54) is 23.8 Å². The van der Waals surface area contributed by atoms with Crippen molar-refractivity contribution in [3.05, 3.63) is 53.7 Å². The van der Waals surface area contributed by atoms with Crippen molar-refractivity contribution in [1.29, 1.82) is 0 Å². The Morgan fingerprint density at radius 2 is 2.00 bits per heavy atom. The van der Waals surface area contributed by atoms with Crippen LogP contribution in [0.25, 0.3) is 10.2 Å². The Bertz CT molecular complexity index is 723. The van der Waals surface area contributed by atoms with Gasteiger partial charge in [-0.3, -0.25) is 0 Å². The summed E-state index contributed by atoms with van der Waals surface area (Å²) in [6.07, 6.45) is 4.10. The lowest BCUT2D eigenvalue weighted by atomic mass is 10.0. The van der Waals surface area contributed by atoms with E-state index in [-0.39, 0.29) is 0 Å². The van der Waals surface area contributed by atoms with Crippen LogP contribution in [0.15, 0.2) is 48.1 Å². The molecule has 100 valence electrons. The van der Waals surface area contributed by atoms with E-state index < -0.39 is 0 Å². The molecule has 1 atom stereocenters. The Kier molecular flexibility index (Phi) is 2.89. The largest absolute Gasteiger partial charge is 0.349 e. The Hall–Kier alpha value is -1.94. The van der Waals surface area contributed by atoms with Crippen molar-refractivity contribution in [2.75, 3.05) is 11.4 Å². The minimum Gasteiger partial charge on any atom is -0.349 e. The number of hydrogen-bond donors (Lipinski definition) is 0. The standard InChI is InChI=1S/C16H15N3S/c1-2-5-12(6-3-1)14-7-4-9-19(14)15-13-8-10-20-16(13)18-11-17-15/h1-3,5-6,8,10-11,14H,4,7,9H2/t14-/m0/s1. The van der Waals surface area contributed by atoms with E-state index in [1.807, 2.05) is 0 Å². The first-order valence-electron chi connectivity index (χ1n) is 6.93. The first-order chi connectivity index (χ1) is 9.93. The number of aromatic nitrogens is 2. The summed E-state index contributed by atoms with van der Waals surface area (Å²) in [5, 5.41) is 3.27. The van der Waals surface area contributed by atoms with Crippen molar-refractivity contribution in [2.24, 2.45) is 0 Å². The van der Waals surface area contributed by atoms with Gasteiger partial charge in [-0.05, 0) is 29.9 Å². The van der Waals surface area contributed by atoms with Crippen molar-refractivity contribution in [3.8, 4) is 0 Å². The van der Waals surface area contributed by atoms with E-state index in [1.54, 1.807) is 17.7 Å². The summed E-state index contributed by atoms with van der Waals surface area (Å²) < 4.78 is 0. The Morgan fingerprint density at radius 1 is 1.10 bits per heavy atom. The van der Waals surface area contributed by atoms with Gasteiger partial charge < -0.3 is 4.90 Å². The minimum atomic E-state index is 0.439. The molecule has 20 heavy (non-hydrogen) atoms. The van der Waals surface area contributed by atoms with Crippen molar-refractivity contribution in [2.45, 2.75) is 18.9 Å². The molecule has 0 bridgehead atoms. The highest BCUT2D eigenvalue weighted by atomic mass is 32.1. The maximum Gasteiger partial charge on any atom is 0.141 e. The molecular formula is C16H15N3S. The molecule has 3 nitrogen and oxygen atoms in total. The number of hydrogen-bond acceptors (Lipinski definition) is 4. The van der Waals surface area contributed by atoms with Gasteiger partial charge in [0.15, 0.2) is 0 Å². The zero-order chi connectivity index (χ0) is 13.4. The number of nitrogens with zero attached hydrogens (tertiary/aromatic N) is 3. The molecule has 0 unspecified atom stereocenters.